The second-order valence-electron chi connectivity index (χ2n) is 2.45. The Balaban J connectivity index is 2.54. The van der Waals surface area contributed by atoms with Gasteiger partial charge in [-0.05, 0) is 6.92 Å². The van der Waals surface area contributed by atoms with Crippen molar-refractivity contribution in [2.24, 2.45) is 0 Å². The lowest BCUT2D eigenvalue weighted by molar-refractivity contribution is -0.137. The van der Waals surface area contributed by atoms with Crippen LogP contribution in [0.5, 0.6) is 0 Å². The average molecular weight is 191 g/mol. The minimum Gasteiger partial charge on any atom is -0.480 e. The molecule has 1 heterocycles. The maximum absolute atomic E-state index is 10.3. The first-order chi connectivity index (χ1) is 5.11. The van der Waals surface area contributed by atoms with Crippen LogP contribution in [0.25, 0.3) is 0 Å². The molecule has 62 valence electrons. The van der Waals surface area contributed by atoms with Crippen LogP contribution in [-0.2, 0) is 4.79 Å². The predicted molar refractivity (Wildman–Crippen MR) is 48.9 cm³/mol. The van der Waals surface area contributed by atoms with Gasteiger partial charge in [-0.15, -0.1) is 0 Å². The number of thioether (sulfide) groups is 1. The summed E-state index contributed by atoms with van der Waals surface area (Å²) in [6, 6.07) is 0.267. The van der Waals surface area contributed by atoms with E-state index >= 15 is 0 Å². The van der Waals surface area contributed by atoms with Crippen LogP contribution in [0.4, 0.5) is 0 Å². The number of thiocarbonyl (C=S) groups is 1. The molecule has 3 nitrogen and oxygen atoms in total. The molecule has 0 radical (unpaired) electrons. The Morgan fingerprint density at radius 1 is 2.00 bits per heavy atom. The second-order valence-corrected chi connectivity index (χ2v) is 4.10. The molecule has 0 aromatic heterocycles. The fourth-order valence-electron chi connectivity index (χ4n) is 0.911. The van der Waals surface area contributed by atoms with Gasteiger partial charge in [-0.1, -0.05) is 24.0 Å². The zero-order valence-electron chi connectivity index (χ0n) is 6.11. The predicted octanol–water partition coefficient (Wildman–Crippen LogP) is 0.793. The van der Waals surface area contributed by atoms with E-state index in [4.69, 9.17) is 17.3 Å². The van der Waals surface area contributed by atoms with E-state index in [-0.39, 0.29) is 12.6 Å². The van der Waals surface area contributed by atoms with Crippen molar-refractivity contribution >= 4 is 34.3 Å². The molecule has 11 heavy (non-hydrogen) atoms. The Labute approximate surface area is 74.8 Å². The number of rotatable bonds is 2. The van der Waals surface area contributed by atoms with E-state index in [2.05, 4.69) is 0 Å². The number of nitrogens with zero attached hydrogens (tertiary/aromatic N) is 1. The fourth-order valence-corrected chi connectivity index (χ4v) is 2.33. The molecule has 1 saturated heterocycles. The van der Waals surface area contributed by atoms with Crippen molar-refractivity contribution in [2.45, 2.75) is 13.0 Å². The molecule has 1 rings (SSSR count). The van der Waals surface area contributed by atoms with Gasteiger partial charge in [0.25, 0.3) is 0 Å². The molecule has 1 aliphatic heterocycles. The summed E-state index contributed by atoms with van der Waals surface area (Å²) in [5, 5.41) is 8.50. The standard InChI is InChI=1S/C6H9NO2S2/c1-4-3-11-6(10)7(4)2-5(8)9/h4H,2-3H2,1H3,(H,8,9). The number of carboxylic acids is 1. The minimum atomic E-state index is -0.818. The van der Waals surface area contributed by atoms with Crippen LogP contribution in [0.15, 0.2) is 0 Å². The van der Waals surface area contributed by atoms with E-state index in [9.17, 15) is 4.79 Å². The summed E-state index contributed by atoms with van der Waals surface area (Å²) in [5.74, 6) is 0.0910. The van der Waals surface area contributed by atoms with Crippen LogP contribution in [0.2, 0.25) is 0 Å². The highest BCUT2D eigenvalue weighted by atomic mass is 32.2. The first-order valence-electron chi connectivity index (χ1n) is 3.26. The van der Waals surface area contributed by atoms with Gasteiger partial charge < -0.3 is 10.0 Å². The average Bonchev–Trinajstić information content (AvgIpc) is 2.18. The summed E-state index contributed by atoms with van der Waals surface area (Å²) in [4.78, 5) is 12.1. The van der Waals surface area contributed by atoms with Crippen LogP contribution in [0.3, 0.4) is 0 Å². The SMILES string of the molecule is CC1CSC(=S)N1CC(=O)O. The zero-order valence-corrected chi connectivity index (χ0v) is 7.74. The van der Waals surface area contributed by atoms with Gasteiger partial charge in [0.1, 0.15) is 10.9 Å². The Morgan fingerprint density at radius 2 is 2.64 bits per heavy atom. The van der Waals surface area contributed by atoms with Crippen LogP contribution in [0.1, 0.15) is 6.92 Å². The first-order valence-corrected chi connectivity index (χ1v) is 4.66. The summed E-state index contributed by atoms with van der Waals surface area (Å²) in [6.45, 7) is 2.02. The molecule has 0 amide bonds. The van der Waals surface area contributed by atoms with Gasteiger partial charge in [-0.3, -0.25) is 4.79 Å². The zero-order chi connectivity index (χ0) is 8.43. The molecule has 1 fully saturated rings. The molecule has 0 aromatic rings. The quantitative estimate of drug-likeness (QED) is 0.654. The molecule has 0 spiro atoms. The summed E-state index contributed by atoms with van der Waals surface area (Å²) < 4.78 is 0.708. The molecule has 1 N–H and O–H groups in total. The van der Waals surface area contributed by atoms with Crippen molar-refractivity contribution in [1.82, 2.24) is 4.90 Å². The van der Waals surface area contributed by atoms with Crippen LogP contribution >= 0.6 is 24.0 Å². The van der Waals surface area contributed by atoms with Crippen molar-refractivity contribution in [2.75, 3.05) is 12.3 Å². The van der Waals surface area contributed by atoms with Gasteiger partial charge in [-0.25, -0.2) is 0 Å². The summed E-state index contributed by atoms with van der Waals surface area (Å²) in [6.07, 6.45) is 0. The van der Waals surface area contributed by atoms with Crippen molar-refractivity contribution in [1.29, 1.82) is 0 Å². The fraction of sp³-hybridized carbons (Fsp3) is 0.667. The lowest BCUT2D eigenvalue weighted by atomic mass is 10.3. The van der Waals surface area contributed by atoms with Crippen LogP contribution in [0, 0.1) is 0 Å². The van der Waals surface area contributed by atoms with Crippen molar-refractivity contribution < 1.29 is 9.90 Å². The largest absolute Gasteiger partial charge is 0.480 e. The Bertz CT molecular complexity index is 195. The second kappa shape index (κ2) is 3.40. The van der Waals surface area contributed by atoms with E-state index < -0.39 is 5.97 Å². The molecule has 1 unspecified atom stereocenters. The Kier molecular flexibility index (Phi) is 2.72. The highest BCUT2D eigenvalue weighted by molar-refractivity contribution is 8.23. The highest BCUT2D eigenvalue weighted by Gasteiger charge is 2.26. The molecule has 0 aromatic carbocycles. The first kappa shape index (κ1) is 8.80. The topological polar surface area (TPSA) is 40.5 Å². The van der Waals surface area contributed by atoms with E-state index in [1.807, 2.05) is 6.92 Å². The van der Waals surface area contributed by atoms with Gasteiger partial charge in [0.15, 0.2) is 0 Å². The van der Waals surface area contributed by atoms with E-state index in [1.54, 1.807) is 16.7 Å². The normalized spacial score (nSPS) is 24.3. The maximum atomic E-state index is 10.3. The van der Waals surface area contributed by atoms with E-state index in [0.717, 1.165) is 5.75 Å². The number of aliphatic carboxylic acids is 1. The van der Waals surface area contributed by atoms with E-state index in [1.165, 1.54) is 0 Å². The van der Waals surface area contributed by atoms with Gasteiger partial charge in [0, 0.05) is 11.8 Å². The minimum absolute atomic E-state index is 0.0347. The van der Waals surface area contributed by atoms with Crippen LogP contribution < -0.4 is 0 Å². The Hall–Kier alpha value is -0.290. The van der Waals surface area contributed by atoms with Gasteiger partial charge in [0.2, 0.25) is 0 Å². The highest BCUT2D eigenvalue weighted by Crippen LogP contribution is 2.23. The van der Waals surface area contributed by atoms with E-state index in [0.29, 0.717) is 4.32 Å². The summed E-state index contributed by atoms with van der Waals surface area (Å²) in [5.41, 5.74) is 0. The molecular weight excluding hydrogens is 182 g/mol. The Morgan fingerprint density at radius 3 is 3.00 bits per heavy atom. The number of hydrogen-bond donors (Lipinski definition) is 1. The van der Waals surface area contributed by atoms with Gasteiger partial charge in [0.05, 0.1) is 0 Å². The smallest absolute Gasteiger partial charge is 0.323 e. The molecule has 1 atom stereocenters. The number of carboxylic acid groups (broad SMARTS) is 1. The van der Waals surface area contributed by atoms with Crippen molar-refractivity contribution in [3.05, 3.63) is 0 Å². The third-order valence-corrected chi connectivity index (χ3v) is 3.24. The van der Waals surface area contributed by atoms with Crippen molar-refractivity contribution in [3.63, 3.8) is 0 Å². The molecule has 5 heteroatoms. The third kappa shape index (κ3) is 2.07. The molecule has 0 aliphatic carbocycles. The lowest BCUT2D eigenvalue weighted by Gasteiger charge is -2.19. The third-order valence-electron chi connectivity index (χ3n) is 1.52. The maximum Gasteiger partial charge on any atom is 0.323 e. The molecule has 0 bridgehead atoms. The molecule has 1 aliphatic rings. The van der Waals surface area contributed by atoms with Crippen molar-refractivity contribution in [3.8, 4) is 0 Å². The monoisotopic (exact) mass is 191 g/mol. The number of carbonyl (C=O) groups is 1. The van der Waals surface area contributed by atoms with Crippen LogP contribution in [-0.4, -0.2) is 38.6 Å². The summed E-state index contributed by atoms with van der Waals surface area (Å²) in [7, 11) is 0. The molecular formula is C6H9NO2S2. The summed E-state index contributed by atoms with van der Waals surface area (Å²) >= 11 is 6.51. The van der Waals surface area contributed by atoms with Gasteiger partial charge >= 0.3 is 5.97 Å². The lowest BCUT2D eigenvalue weighted by Crippen LogP contribution is -2.35. The number of hydrogen-bond acceptors (Lipinski definition) is 3. The van der Waals surface area contributed by atoms with Gasteiger partial charge in [-0.2, -0.15) is 0 Å². The molecule has 0 saturated carbocycles.